The van der Waals surface area contributed by atoms with Crippen molar-refractivity contribution in [1.29, 1.82) is 0 Å². The van der Waals surface area contributed by atoms with E-state index in [9.17, 15) is 19.5 Å². The van der Waals surface area contributed by atoms with E-state index in [2.05, 4.69) is 15.9 Å². The summed E-state index contributed by atoms with van der Waals surface area (Å²) in [6.07, 6.45) is 0. The molecule has 0 aliphatic carbocycles. The molecule has 13 heteroatoms. The number of para-hydroxylation sites is 1. The Morgan fingerprint density at radius 2 is 1.77 bits per heavy atom. The van der Waals surface area contributed by atoms with Gasteiger partial charge in [-0.15, -0.1) is 11.3 Å². The molecule has 11 nitrogen and oxygen atoms in total. The fourth-order valence-electron chi connectivity index (χ4n) is 3.54. The van der Waals surface area contributed by atoms with Crippen molar-refractivity contribution in [2.75, 3.05) is 24.9 Å². The van der Waals surface area contributed by atoms with Crippen molar-refractivity contribution >= 4 is 51.6 Å². The van der Waals surface area contributed by atoms with E-state index in [0.29, 0.717) is 22.7 Å². The number of benzene rings is 2. The summed E-state index contributed by atoms with van der Waals surface area (Å²) < 4.78 is 16.2. The topological polar surface area (TPSA) is 147 Å². The number of hydrogen-bond acceptors (Lipinski definition) is 10. The second-order valence-electron chi connectivity index (χ2n) is 8.10. The molecule has 0 aliphatic heterocycles. The fourth-order valence-corrected chi connectivity index (χ4v) is 5.50. The molecule has 0 fully saturated rings. The zero-order valence-corrected chi connectivity index (χ0v) is 23.0. The number of carbonyl (C=O) groups is 3. The maximum Gasteiger partial charge on any atom is 0.341 e. The predicted octanol–water partition coefficient (Wildman–Crippen LogP) is 3.56. The Morgan fingerprint density at radius 3 is 2.41 bits per heavy atom. The molecule has 2 aromatic heterocycles. The Morgan fingerprint density at radius 1 is 1.08 bits per heavy atom. The number of hydrogen-bond donors (Lipinski definition) is 2. The molecule has 4 aromatic rings. The monoisotopic (exact) mass is 568 g/mol. The zero-order chi connectivity index (χ0) is 28.1. The average Bonchev–Trinajstić information content (AvgIpc) is 3.47. The number of carbonyl (C=O) groups excluding carboxylic acids is 3. The number of thioether (sulfide) groups is 1. The van der Waals surface area contributed by atoms with Crippen LogP contribution in [0.5, 0.6) is 11.7 Å². The molecule has 2 N–H and O–H groups in total. The van der Waals surface area contributed by atoms with E-state index in [1.165, 1.54) is 18.9 Å². The molecule has 0 saturated heterocycles. The number of ether oxygens (including phenoxy) is 2. The lowest BCUT2D eigenvalue weighted by molar-refractivity contribution is -0.705. The first kappa shape index (κ1) is 27.7. The van der Waals surface area contributed by atoms with Crippen LogP contribution in [-0.4, -0.2) is 42.5 Å². The summed E-state index contributed by atoms with van der Waals surface area (Å²) in [6.45, 7) is 3.20. The second kappa shape index (κ2) is 12.0. The summed E-state index contributed by atoms with van der Waals surface area (Å²) in [5.74, 6) is -1.73. The van der Waals surface area contributed by atoms with Crippen molar-refractivity contribution in [1.82, 2.24) is 5.27 Å². The van der Waals surface area contributed by atoms with E-state index in [1.54, 1.807) is 62.4 Å². The van der Waals surface area contributed by atoms with Crippen LogP contribution in [0.2, 0.25) is 0 Å². The highest BCUT2D eigenvalue weighted by atomic mass is 32.2. The number of anilines is 2. The molecule has 0 saturated carbocycles. The van der Waals surface area contributed by atoms with Crippen molar-refractivity contribution < 1.29 is 38.2 Å². The molecule has 2 aromatic carbocycles. The predicted molar refractivity (Wildman–Crippen MR) is 143 cm³/mol. The van der Waals surface area contributed by atoms with E-state index < -0.39 is 29.0 Å². The molecular weight excluding hydrogens is 544 g/mol. The van der Waals surface area contributed by atoms with E-state index in [0.717, 1.165) is 23.1 Å². The minimum Gasteiger partial charge on any atom is -0.538 e. The van der Waals surface area contributed by atoms with Crippen LogP contribution in [-0.2, 0) is 9.53 Å². The van der Waals surface area contributed by atoms with E-state index in [4.69, 9.17) is 14.0 Å². The fraction of sp³-hybridized carbons (Fsp3) is 0.192. The van der Waals surface area contributed by atoms with Crippen LogP contribution < -0.4 is 25.2 Å². The second-order valence-corrected chi connectivity index (χ2v) is 10.4. The molecule has 2 heterocycles. The minimum atomic E-state index is -0.809. The molecule has 0 spiro atoms. The van der Waals surface area contributed by atoms with Gasteiger partial charge < -0.3 is 29.7 Å². The average molecular weight is 569 g/mol. The summed E-state index contributed by atoms with van der Waals surface area (Å²) in [4.78, 5) is 38.9. The van der Waals surface area contributed by atoms with Gasteiger partial charge in [0.25, 0.3) is 10.9 Å². The maximum absolute atomic E-state index is 13.2. The summed E-state index contributed by atoms with van der Waals surface area (Å²) >= 11 is 1.89. The molecule has 4 rings (SSSR count). The highest BCUT2D eigenvalue weighted by Crippen LogP contribution is 2.35. The van der Waals surface area contributed by atoms with Crippen LogP contribution in [0.1, 0.15) is 32.5 Å². The number of thiophene rings is 1. The number of nitrogens with one attached hydrogen (secondary N) is 2. The molecule has 0 bridgehead atoms. The van der Waals surface area contributed by atoms with Crippen LogP contribution >= 0.6 is 23.1 Å². The first-order chi connectivity index (χ1) is 18.7. The van der Waals surface area contributed by atoms with Gasteiger partial charge in [0.2, 0.25) is 11.6 Å². The minimum absolute atomic E-state index is 0.0778. The molecule has 202 valence electrons. The van der Waals surface area contributed by atoms with Gasteiger partial charge in [0.1, 0.15) is 10.8 Å². The van der Waals surface area contributed by atoms with Crippen molar-refractivity contribution in [3.05, 3.63) is 70.6 Å². The molecular formula is C26H24N4O7S2. The van der Waals surface area contributed by atoms with Crippen molar-refractivity contribution in [3.8, 4) is 17.4 Å². The van der Waals surface area contributed by atoms with E-state index in [1.807, 2.05) is 6.07 Å². The van der Waals surface area contributed by atoms with Gasteiger partial charge in [0.05, 0.1) is 35.2 Å². The van der Waals surface area contributed by atoms with Gasteiger partial charge in [0, 0.05) is 17.8 Å². The third-order valence-corrected chi connectivity index (χ3v) is 7.89. The van der Waals surface area contributed by atoms with Crippen molar-refractivity contribution in [2.45, 2.75) is 24.1 Å². The van der Waals surface area contributed by atoms with Gasteiger partial charge >= 0.3 is 5.97 Å². The summed E-state index contributed by atoms with van der Waals surface area (Å²) in [5, 5.41) is 21.1. The SMILES string of the molecule is COC(=O)c1c(NC(=O)C(C)Sc2c([O-])on[n+]2-c2ccc(OC)cc2)sc(C(=O)Nc2ccccc2)c1C. The van der Waals surface area contributed by atoms with Crippen molar-refractivity contribution in [3.63, 3.8) is 0 Å². The zero-order valence-electron chi connectivity index (χ0n) is 21.3. The van der Waals surface area contributed by atoms with Crippen LogP contribution in [0.25, 0.3) is 5.69 Å². The highest BCUT2D eigenvalue weighted by Gasteiger charge is 2.30. The third kappa shape index (κ3) is 6.04. The smallest absolute Gasteiger partial charge is 0.341 e. The Balaban J connectivity index is 1.56. The number of aromatic nitrogens is 2. The van der Waals surface area contributed by atoms with Gasteiger partial charge in [-0.2, -0.15) is 0 Å². The maximum atomic E-state index is 13.2. The van der Waals surface area contributed by atoms with Crippen LogP contribution in [0.3, 0.4) is 0 Å². The lowest BCUT2D eigenvalue weighted by Gasteiger charge is -2.10. The Labute approximate surface area is 231 Å². The number of esters is 1. The Hall–Kier alpha value is -4.36. The molecule has 0 aliphatic rings. The molecule has 0 radical (unpaired) electrons. The van der Waals surface area contributed by atoms with Crippen LogP contribution in [0, 0.1) is 6.92 Å². The molecule has 1 atom stereocenters. The summed E-state index contributed by atoms with van der Waals surface area (Å²) in [5.41, 5.74) is 1.56. The number of rotatable bonds is 9. The lowest BCUT2D eigenvalue weighted by atomic mass is 10.1. The number of nitrogens with zero attached hydrogens (tertiary/aromatic N) is 2. The van der Waals surface area contributed by atoms with Gasteiger partial charge in [-0.1, -0.05) is 18.2 Å². The molecule has 2 amide bonds. The molecule has 1 unspecified atom stereocenters. The van der Waals surface area contributed by atoms with Gasteiger partial charge in [-0.25, -0.2) is 4.79 Å². The van der Waals surface area contributed by atoms with Gasteiger partial charge in [-0.05, 0) is 60.1 Å². The Bertz CT molecular complexity index is 1500. The van der Waals surface area contributed by atoms with E-state index >= 15 is 0 Å². The number of methoxy groups -OCH3 is 2. The largest absolute Gasteiger partial charge is 0.538 e. The normalized spacial score (nSPS) is 11.5. The van der Waals surface area contributed by atoms with Crippen molar-refractivity contribution in [2.24, 2.45) is 0 Å². The van der Waals surface area contributed by atoms with Crippen LogP contribution in [0.4, 0.5) is 10.7 Å². The standard InChI is InChI=1S/C26H24N4O7S2/c1-14-19(25(33)36-4)23(39-20(14)22(32)27-16-8-6-5-7-9-16)28-21(31)15(2)38-24-26(34)37-29-30(24)17-10-12-18(35-3)13-11-17/h5-13,15H,1-4H3,(H2-,27,28,29,31,32,33,34). The molecule has 39 heavy (non-hydrogen) atoms. The lowest BCUT2D eigenvalue weighted by Crippen LogP contribution is -2.36. The first-order valence-electron chi connectivity index (χ1n) is 11.5. The van der Waals surface area contributed by atoms with Gasteiger partial charge in [0.15, 0.2) is 5.95 Å². The quantitative estimate of drug-likeness (QED) is 0.176. The highest BCUT2D eigenvalue weighted by molar-refractivity contribution is 8.00. The number of amides is 2. The van der Waals surface area contributed by atoms with E-state index in [-0.39, 0.29) is 20.5 Å². The summed E-state index contributed by atoms with van der Waals surface area (Å²) in [6, 6.07) is 15.6. The van der Waals surface area contributed by atoms with Crippen LogP contribution in [0.15, 0.2) is 64.1 Å². The third-order valence-electron chi connectivity index (χ3n) is 5.56. The Kier molecular flexibility index (Phi) is 8.52. The summed E-state index contributed by atoms with van der Waals surface area (Å²) in [7, 11) is 2.75. The first-order valence-corrected chi connectivity index (χ1v) is 13.2. The van der Waals surface area contributed by atoms with Gasteiger partial charge in [-0.3, -0.25) is 9.59 Å².